The second-order valence-electron chi connectivity index (χ2n) is 8.60. The van der Waals surface area contributed by atoms with Gasteiger partial charge in [-0.1, -0.05) is 57.0 Å². The Bertz CT molecular complexity index is 835. The summed E-state index contributed by atoms with van der Waals surface area (Å²) in [5.41, 5.74) is 1.94. The molecule has 1 aliphatic rings. The Morgan fingerprint density at radius 3 is 2.39 bits per heavy atom. The predicted molar refractivity (Wildman–Crippen MR) is 124 cm³/mol. The van der Waals surface area contributed by atoms with E-state index in [1.165, 1.54) is 12.0 Å². The van der Waals surface area contributed by atoms with Crippen molar-refractivity contribution < 1.29 is 14.3 Å². The highest BCUT2D eigenvalue weighted by Crippen LogP contribution is 2.29. The van der Waals surface area contributed by atoms with Crippen molar-refractivity contribution in [1.29, 1.82) is 0 Å². The van der Waals surface area contributed by atoms with E-state index >= 15 is 0 Å². The monoisotopic (exact) mass is 422 g/mol. The van der Waals surface area contributed by atoms with Crippen LogP contribution < -0.4 is 15.4 Å². The average Bonchev–Trinajstić information content (AvgIpc) is 2.77. The molecule has 2 amide bonds. The number of anilines is 1. The van der Waals surface area contributed by atoms with Crippen LogP contribution in [-0.4, -0.2) is 24.5 Å². The van der Waals surface area contributed by atoms with Crippen LogP contribution in [-0.2, 0) is 16.0 Å². The highest BCUT2D eigenvalue weighted by Gasteiger charge is 2.28. The van der Waals surface area contributed by atoms with Crippen molar-refractivity contribution in [2.75, 3.05) is 11.9 Å². The molecule has 2 N–H and O–H groups in total. The Morgan fingerprint density at radius 2 is 1.65 bits per heavy atom. The number of carbonyl (C=O) groups is 2. The molecule has 3 rings (SSSR count). The fourth-order valence-corrected chi connectivity index (χ4v) is 4.08. The zero-order valence-corrected chi connectivity index (χ0v) is 18.6. The molecular formula is C26H34N2O3. The quantitative estimate of drug-likeness (QED) is 0.600. The summed E-state index contributed by atoms with van der Waals surface area (Å²) >= 11 is 0. The Morgan fingerprint density at radius 1 is 0.935 bits per heavy atom. The summed E-state index contributed by atoms with van der Waals surface area (Å²) in [7, 11) is 0. The molecule has 0 radical (unpaired) electrons. The van der Waals surface area contributed by atoms with Crippen molar-refractivity contribution in [3.8, 4) is 5.75 Å². The van der Waals surface area contributed by atoms with Crippen LogP contribution in [0.4, 0.5) is 5.69 Å². The number of hydrogen-bond donors (Lipinski definition) is 2. The summed E-state index contributed by atoms with van der Waals surface area (Å²) in [6.45, 7) is 5.05. The fraction of sp³-hybridized carbons (Fsp3) is 0.462. The van der Waals surface area contributed by atoms with E-state index in [1.54, 1.807) is 0 Å². The van der Waals surface area contributed by atoms with Gasteiger partial charge in [0.05, 0.1) is 6.61 Å². The van der Waals surface area contributed by atoms with E-state index in [1.807, 2.05) is 42.5 Å². The van der Waals surface area contributed by atoms with E-state index in [-0.39, 0.29) is 30.7 Å². The van der Waals surface area contributed by atoms with Gasteiger partial charge in [-0.15, -0.1) is 0 Å². The predicted octanol–water partition coefficient (Wildman–Crippen LogP) is 4.97. The zero-order valence-electron chi connectivity index (χ0n) is 18.6. The van der Waals surface area contributed by atoms with E-state index in [0.29, 0.717) is 24.1 Å². The van der Waals surface area contributed by atoms with Crippen molar-refractivity contribution >= 4 is 17.5 Å². The first-order valence-electron chi connectivity index (χ1n) is 11.4. The first-order chi connectivity index (χ1) is 15.0. The van der Waals surface area contributed by atoms with Crippen LogP contribution in [0.1, 0.15) is 51.5 Å². The van der Waals surface area contributed by atoms with E-state index in [0.717, 1.165) is 25.0 Å². The smallest absolute Gasteiger partial charge is 0.224 e. The zero-order chi connectivity index (χ0) is 22.1. The minimum absolute atomic E-state index is 0.0386. The van der Waals surface area contributed by atoms with Crippen molar-refractivity contribution in [3.63, 3.8) is 0 Å². The number of rotatable bonds is 9. The van der Waals surface area contributed by atoms with E-state index in [2.05, 4.69) is 36.6 Å². The molecule has 2 aromatic rings. The highest BCUT2D eigenvalue weighted by molar-refractivity contribution is 5.93. The van der Waals surface area contributed by atoms with Gasteiger partial charge in [-0.2, -0.15) is 0 Å². The van der Waals surface area contributed by atoms with Gasteiger partial charge in [-0.3, -0.25) is 9.59 Å². The van der Waals surface area contributed by atoms with E-state index < -0.39 is 0 Å². The standard InChI is InChI=1S/C26H34N2O3/c1-19-7-6-10-24(20(19)2)28-26(30)16-15-25(29)27-22-11-13-23(14-12-22)31-18-17-21-8-4-3-5-9-21/h3-5,8-9,11-14,19-20,24H,6-7,10,15-18H2,1-2H3,(H,27,29)(H,28,30)/t19-,20-,24+/m1/s1. The maximum atomic E-state index is 12.3. The lowest BCUT2D eigenvalue weighted by molar-refractivity contribution is -0.125. The molecule has 5 nitrogen and oxygen atoms in total. The lowest BCUT2D eigenvalue weighted by Gasteiger charge is -2.34. The normalized spacial score (nSPS) is 20.6. The lowest BCUT2D eigenvalue weighted by atomic mass is 9.78. The minimum atomic E-state index is -0.155. The number of ether oxygens (including phenoxy) is 1. The van der Waals surface area contributed by atoms with Crippen LogP contribution in [0.3, 0.4) is 0 Å². The van der Waals surface area contributed by atoms with Gasteiger partial charge < -0.3 is 15.4 Å². The summed E-state index contributed by atoms with van der Waals surface area (Å²) in [6, 6.07) is 17.8. The summed E-state index contributed by atoms with van der Waals surface area (Å²) in [6.07, 6.45) is 4.65. The maximum absolute atomic E-state index is 12.3. The molecule has 3 atom stereocenters. The molecule has 31 heavy (non-hydrogen) atoms. The molecular weight excluding hydrogens is 388 g/mol. The third-order valence-electron chi connectivity index (χ3n) is 6.27. The molecule has 1 saturated carbocycles. The molecule has 1 aliphatic carbocycles. The lowest BCUT2D eigenvalue weighted by Crippen LogP contribution is -2.43. The number of amides is 2. The number of hydrogen-bond acceptors (Lipinski definition) is 3. The van der Waals surface area contributed by atoms with Gasteiger partial charge in [0.1, 0.15) is 5.75 Å². The third kappa shape index (κ3) is 7.42. The number of nitrogens with one attached hydrogen (secondary N) is 2. The second kappa shape index (κ2) is 11.5. The van der Waals surface area contributed by atoms with Gasteiger partial charge >= 0.3 is 0 Å². The average molecular weight is 423 g/mol. The van der Waals surface area contributed by atoms with Crippen molar-refractivity contribution in [3.05, 3.63) is 60.2 Å². The first kappa shape index (κ1) is 22.9. The number of carbonyl (C=O) groups excluding carboxylic acids is 2. The molecule has 5 heteroatoms. The van der Waals surface area contributed by atoms with E-state index in [4.69, 9.17) is 4.74 Å². The van der Waals surface area contributed by atoms with Gasteiger partial charge in [0, 0.05) is 31.0 Å². The maximum Gasteiger partial charge on any atom is 0.224 e. The Hall–Kier alpha value is -2.82. The second-order valence-corrected chi connectivity index (χ2v) is 8.60. The van der Waals surface area contributed by atoms with Crippen LogP contribution in [0.2, 0.25) is 0 Å². The van der Waals surface area contributed by atoms with Crippen LogP contribution in [0.15, 0.2) is 54.6 Å². The fourth-order valence-electron chi connectivity index (χ4n) is 4.08. The Labute approximate surface area is 185 Å². The van der Waals surface area contributed by atoms with Crippen molar-refractivity contribution in [1.82, 2.24) is 5.32 Å². The number of benzene rings is 2. The van der Waals surface area contributed by atoms with Gasteiger partial charge in [0.25, 0.3) is 0 Å². The molecule has 0 heterocycles. The topological polar surface area (TPSA) is 67.4 Å². The molecule has 0 unspecified atom stereocenters. The summed E-state index contributed by atoms with van der Waals surface area (Å²) < 4.78 is 5.77. The molecule has 2 aromatic carbocycles. The molecule has 1 fully saturated rings. The van der Waals surface area contributed by atoms with Gasteiger partial charge in [-0.25, -0.2) is 0 Å². The molecule has 0 bridgehead atoms. The molecule has 166 valence electrons. The summed E-state index contributed by atoms with van der Waals surface area (Å²) in [5.74, 6) is 1.69. The van der Waals surface area contributed by atoms with Crippen LogP contribution in [0.25, 0.3) is 0 Å². The molecule has 0 saturated heterocycles. The molecule has 0 aliphatic heterocycles. The molecule has 0 aromatic heterocycles. The Balaban J connectivity index is 1.35. The first-order valence-corrected chi connectivity index (χ1v) is 11.4. The van der Waals surface area contributed by atoms with Crippen LogP contribution >= 0.6 is 0 Å². The van der Waals surface area contributed by atoms with Crippen molar-refractivity contribution in [2.24, 2.45) is 11.8 Å². The van der Waals surface area contributed by atoms with Crippen molar-refractivity contribution in [2.45, 2.75) is 58.4 Å². The van der Waals surface area contributed by atoms with Gasteiger partial charge in [0.2, 0.25) is 11.8 Å². The minimum Gasteiger partial charge on any atom is -0.493 e. The highest BCUT2D eigenvalue weighted by atomic mass is 16.5. The summed E-state index contributed by atoms with van der Waals surface area (Å²) in [5, 5.41) is 5.97. The van der Waals surface area contributed by atoms with Crippen LogP contribution in [0, 0.1) is 11.8 Å². The summed E-state index contributed by atoms with van der Waals surface area (Å²) in [4.78, 5) is 24.5. The van der Waals surface area contributed by atoms with Crippen LogP contribution in [0.5, 0.6) is 5.75 Å². The SMILES string of the molecule is C[C@@H]1[C@H](C)CCC[C@@H]1NC(=O)CCC(=O)Nc1ccc(OCCc2ccccc2)cc1. The van der Waals surface area contributed by atoms with E-state index in [9.17, 15) is 9.59 Å². The molecule has 0 spiro atoms. The van der Waals surface area contributed by atoms with Gasteiger partial charge in [0.15, 0.2) is 0 Å². The largest absolute Gasteiger partial charge is 0.493 e. The third-order valence-corrected chi connectivity index (χ3v) is 6.27. The van der Waals surface area contributed by atoms with Gasteiger partial charge in [-0.05, 0) is 48.1 Å². The Kier molecular flexibility index (Phi) is 8.51.